The van der Waals surface area contributed by atoms with Crippen molar-refractivity contribution in [3.8, 4) is 0 Å². The lowest BCUT2D eigenvalue weighted by Gasteiger charge is -2.04. The molecule has 28 heavy (non-hydrogen) atoms. The molecule has 0 rings (SSSR count). The van der Waals surface area contributed by atoms with Gasteiger partial charge < -0.3 is 20.4 Å². The van der Waals surface area contributed by atoms with Gasteiger partial charge in [0.05, 0.1) is 0 Å². The minimum atomic E-state index is -1.16. The minimum Gasteiger partial charge on any atom is -0.479 e. The van der Waals surface area contributed by atoms with Gasteiger partial charge in [-0.25, -0.2) is 9.59 Å². The largest absolute Gasteiger partial charge is 0.479 e. The minimum absolute atomic E-state index is 0.392. The molecule has 0 aliphatic heterocycles. The van der Waals surface area contributed by atoms with Crippen LogP contribution in [0, 0.1) is 0 Å². The number of rotatable bonds is 18. The third-order valence-corrected chi connectivity index (χ3v) is 4.73. The van der Waals surface area contributed by atoms with Crippen LogP contribution in [-0.2, 0) is 9.59 Å². The van der Waals surface area contributed by atoms with Crippen LogP contribution in [0.2, 0.25) is 0 Å². The summed E-state index contributed by atoms with van der Waals surface area (Å²) in [5.41, 5.74) is 0. The van der Waals surface area contributed by atoms with Crippen LogP contribution in [0.15, 0.2) is 0 Å². The lowest BCUT2D eigenvalue weighted by atomic mass is 10.1. The van der Waals surface area contributed by atoms with E-state index >= 15 is 0 Å². The topological polar surface area (TPSA) is 115 Å². The van der Waals surface area contributed by atoms with E-state index in [9.17, 15) is 9.59 Å². The molecule has 0 saturated carbocycles. The van der Waals surface area contributed by atoms with Crippen molar-refractivity contribution in [2.24, 2.45) is 0 Å². The number of aliphatic hydroxyl groups is 2. The van der Waals surface area contributed by atoms with Gasteiger partial charge >= 0.3 is 11.9 Å². The molecule has 0 bridgehead atoms. The van der Waals surface area contributed by atoms with Crippen LogP contribution in [0.3, 0.4) is 0 Å². The second-order valence-electron chi connectivity index (χ2n) is 7.53. The quantitative estimate of drug-likeness (QED) is 0.235. The molecule has 6 heteroatoms. The molecule has 0 saturated heterocycles. The zero-order valence-corrected chi connectivity index (χ0v) is 18.1. The molecular weight excluding hydrogens is 360 g/mol. The first-order chi connectivity index (χ1) is 13.4. The zero-order valence-electron chi connectivity index (χ0n) is 18.1. The predicted octanol–water partition coefficient (Wildman–Crippen LogP) is 5.15. The standard InChI is InChI=1S/2C11H22O3/c2*1-2-3-4-5-6-7-8-9-10(12)11(13)14/h2*10,12H,2-9H2,1H3,(H,13,14). The van der Waals surface area contributed by atoms with Crippen LogP contribution in [0.25, 0.3) is 0 Å². The monoisotopic (exact) mass is 404 g/mol. The van der Waals surface area contributed by atoms with Gasteiger partial charge in [-0.05, 0) is 12.8 Å². The maximum atomic E-state index is 10.3. The van der Waals surface area contributed by atoms with Crippen molar-refractivity contribution < 1.29 is 30.0 Å². The molecule has 2 unspecified atom stereocenters. The SMILES string of the molecule is CCCCCCCCCC(O)C(=O)O.CCCCCCCCCC(O)C(=O)O. The summed E-state index contributed by atoms with van der Waals surface area (Å²) in [7, 11) is 0. The van der Waals surface area contributed by atoms with Crippen LogP contribution in [0.1, 0.15) is 117 Å². The van der Waals surface area contributed by atoms with E-state index in [0.29, 0.717) is 12.8 Å². The summed E-state index contributed by atoms with van der Waals surface area (Å²) in [6.45, 7) is 4.37. The van der Waals surface area contributed by atoms with Crippen molar-refractivity contribution in [3.63, 3.8) is 0 Å². The summed E-state index contributed by atoms with van der Waals surface area (Å²) in [6.07, 6.45) is 14.6. The third kappa shape index (κ3) is 22.9. The highest BCUT2D eigenvalue weighted by molar-refractivity contribution is 5.72. The molecule has 0 spiro atoms. The molecule has 6 nitrogen and oxygen atoms in total. The Morgan fingerprint density at radius 2 is 0.786 bits per heavy atom. The number of aliphatic carboxylic acids is 2. The molecule has 4 N–H and O–H groups in total. The van der Waals surface area contributed by atoms with E-state index in [1.807, 2.05) is 0 Å². The first-order valence-electron chi connectivity index (χ1n) is 11.2. The smallest absolute Gasteiger partial charge is 0.332 e. The average Bonchev–Trinajstić information content (AvgIpc) is 2.66. The molecule has 0 aromatic carbocycles. The van der Waals surface area contributed by atoms with Gasteiger partial charge in [0.1, 0.15) is 0 Å². The van der Waals surface area contributed by atoms with Gasteiger partial charge in [-0.2, -0.15) is 0 Å². The van der Waals surface area contributed by atoms with Crippen LogP contribution in [0.4, 0.5) is 0 Å². The zero-order chi connectivity index (χ0) is 21.6. The van der Waals surface area contributed by atoms with Crippen molar-refractivity contribution in [2.45, 2.75) is 129 Å². The maximum absolute atomic E-state index is 10.3. The summed E-state index contributed by atoms with van der Waals surface area (Å²) in [5.74, 6) is -2.20. The van der Waals surface area contributed by atoms with E-state index in [4.69, 9.17) is 20.4 Å². The second kappa shape index (κ2) is 22.2. The molecule has 0 radical (unpaired) electrons. The third-order valence-electron chi connectivity index (χ3n) is 4.73. The summed E-state index contributed by atoms with van der Waals surface area (Å²) < 4.78 is 0. The van der Waals surface area contributed by atoms with Crippen molar-refractivity contribution in [2.75, 3.05) is 0 Å². The first kappa shape index (κ1) is 29.1. The van der Waals surface area contributed by atoms with Gasteiger partial charge in [0.15, 0.2) is 12.2 Å². The molecule has 0 heterocycles. The van der Waals surface area contributed by atoms with Crippen molar-refractivity contribution in [1.82, 2.24) is 0 Å². The van der Waals surface area contributed by atoms with Crippen molar-refractivity contribution in [3.05, 3.63) is 0 Å². The van der Waals surface area contributed by atoms with E-state index in [-0.39, 0.29) is 0 Å². The first-order valence-corrected chi connectivity index (χ1v) is 11.2. The van der Waals surface area contributed by atoms with Gasteiger partial charge in [-0.3, -0.25) is 0 Å². The van der Waals surface area contributed by atoms with Gasteiger partial charge in [0.2, 0.25) is 0 Å². The molecule has 2 atom stereocenters. The van der Waals surface area contributed by atoms with Crippen LogP contribution < -0.4 is 0 Å². The maximum Gasteiger partial charge on any atom is 0.332 e. The Labute approximate surface area is 171 Å². The van der Waals surface area contributed by atoms with Crippen LogP contribution in [-0.4, -0.2) is 44.6 Å². The lowest BCUT2D eigenvalue weighted by molar-refractivity contribution is -0.147. The fraction of sp³-hybridized carbons (Fsp3) is 0.909. The molecule has 0 aromatic heterocycles. The Morgan fingerprint density at radius 3 is 1.04 bits per heavy atom. The second-order valence-corrected chi connectivity index (χ2v) is 7.53. The number of unbranched alkanes of at least 4 members (excludes halogenated alkanes) is 12. The highest BCUT2D eigenvalue weighted by Gasteiger charge is 2.12. The van der Waals surface area contributed by atoms with E-state index in [1.165, 1.54) is 51.4 Å². The van der Waals surface area contributed by atoms with E-state index in [2.05, 4.69) is 13.8 Å². The summed E-state index contributed by atoms with van der Waals surface area (Å²) >= 11 is 0. The molecule has 168 valence electrons. The van der Waals surface area contributed by atoms with Crippen molar-refractivity contribution >= 4 is 11.9 Å². The number of carboxylic acids is 2. The van der Waals surface area contributed by atoms with Gasteiger partial charge in [-0.1, -0.05) is 104 Å². The molecule has 0 aliphatic rings. The highest BCUT2D eigenvalue weighted by Crippen LogP contribution is 2.10. The van der Waals surface area contributed by atoms with Crippen LogP contribution >= 0.6 is 0 Å². The summed E-state index contributed by atoms with van der Waals surface area (Å²) in [6, 6.07) is 0. The number of hydrogen-bond donors (Lipinski definition) is 4. The molecular formula is C22H44O6. The Balaban J connectivity index is 0. The number of aliphatic hydroxyl groups excluding tert-OH is 2. The van der Waals surface area contributed by atoms with E-state index in [1.54, 1.807) is 0 Å². The Morgan fingerprint density at radius 1 is 0.536 bits per heavy atom. The number of carbonyl (C=O) groups is 2. The van der Waals surface area contributed by atoms with E-state index < -0.39 is 24.1 Å². The van der Waals surface area contributed by atoms with Gasteiger partial charge in [0.25, 0.3) is 0 Å². The van der Waals surface area contributed by atoms with Gasteiger partial charge in [0, 0.05) is 0 Å². The normalized spacial score (nSPS) is 12.7. The number of hydrogen-bond acceptors (Lipinski definition) is 4. The Bertz CT molecular complexity index is 325. The fourth-order valence-electron chi connectivity index (χ4n) is 2.84. The summed E-state index contributed by atoms with van der Waals surface area (Å²) in [5, 5.41) is 34.7. The fourth-order valence-corrected chi connectivity index (χ4v) is 2.84. The van der Waals surface area contributed by atoms with Gasteiger partial charge in [-0.15, -0.1) is 0 Å². The molecule has 0 fully saturated rings. The lowest BCUT2D eigenvalue weighted by Crippen LogP contribution is -2.18. The molecule has 0 aliphatic carbocycles. The van der Waals surface area contributed by atoms with Crippen molar-refractivity contribution in [1.29, 1.82) is 0 Å². The average molecular weight is 405 g/mol. The highest BCUT2D eigenvalue weighted by atomic mass is 16.4. The van der Waals surface area contributed by atoms with E-state index in [0.717, 1.165) is 38.5 Å². The Hall–Kier alpha value is -1.14. The Kier molecular flexibility index (Phi) is 23.0. The predicted molar refractivity (Wildman–Crippen MR) is 113 cm³/mol. The van der Waals surface area contributed by atoms with Crippen LogP contribution in [0.5, 0.6) is 0 Å². The number of carboxylic acid groups (broad SMARTS) is 2. The summed E-state index contributed by atoms with van der Waals surface area (Å²) in [4.78, 5) is 20.5. The molecule has 0 aromatic rings. The molecule has 0 amide bonds.